The van der Waals surface area contributed by atoms with Gasteiger partial charge in [0, 0.05) is 43.3 Å². The lowest BCUT2D eigenvalue weighted by molar-refractivity contribution is 0.348. The van der Waals surface area contributed by atoms with Crippen LogP contribution in [0.5, 0.6) is 0 Å². The Labute approximate surface area is 187 Å². The standard InChI is InChI=1S/C24H29N7O/c1-4-12-30(2)13-11-25-19-6-8-20(9-7-19)28-23-24(32)31(3)22-14-17(5-10-21(22)29-23)18-15-26-27-16-18/h5-10,14-16,25H,4,11-13H2,1-3H3,(H,26,27)(H,28,29). The number of likely N-dealkylation sites (N-methyl/N-ethyl adjacent to an activating group) is 1. The summed E-state index contributed by atoms with van der Waals surface area (Å²) in [6, 6.07) is 13.8. The van der Waals surface area contributed by atoms with Crippen LogP contribution < -0.4 is 16.2 Å². The number of aromatic amines is 1. The minimum absolute atomic E-state index is 0.178. The fourth-order valence-electron chi connectivity index (χ4n) is 3.69. The van der Waals surface area contributed by atoms with E-state index in [9.17, 15) is 4.79 Å². The predicted molar refractivity (Wildman–Crippen MR) is 131 cm³/mol. The van der Waals surface area contributed by atoms with Gasteiger partial charge in [-0.3, -0.25) is 9.89 Å². The number of aromatic nitrogens is 4. The number of nitrogens with one attached hydrogen (secondary N) is 3. The van der Waals surface area contributed by atoms with Crippen molar-refractivity contribution in [3.8, 4) is 11.1 Å². The molecule has 0 aliphatic heterocycles. The predicted octanol–water partition coefficient (Wildman–Crippen LogP) is 3.82. The second-order valence-corrected chi connectivity index (χ2v) is 7.95. The molecule has 0 radical (unpaired) electrons. The highest BCUT2D eigenvalue weighted by atomic mass is 16.1. The largest absolute Gasteiger partial charge is 0.384 e. The number of aryl methyl sites for hydroxylation is 1. The van der Waals surface area contributed by atoms with Crippen LogP contribution in [0.4, 0.5) is 17.2 Å². The number of benzene rings is 2. The van der Waals surface area contributed by atoms with E-state index in [4.69, 9.17) is 0 Å². The minimum atomic E-state index is -0.178. The molecule has 0 unspecified atom stereocenters. The van der Waals surface area contributed by atoms with Gasteiger partial charge >= 0.3 is 0 Å². The van der Waals surface area contributed by atoms with Crippen LogP contribution in [-0.2, 0) is 7.05 Å². The Morgan fingerprint density at radius 3 is 2.56 bits per heavy atom. The van der Waals surface area contributed by atoms with Crippen molar-refractivity contribution < 1.29 is 0 Å². The van der Waals surface area contributed by atoms with E-state index in [-0.39, 0.29) is 5.56 Å². The van der Waals surface area contributed by atoms with Crippen LogP contribution in [0.25, 0.3) is 22.2 Å². The first-order chi connectivity index (χ1) is 15.5. The molecular formula is C24H29N7O. The van der Waals surface area contributed by atoms with Crippen molar-refractivity contribution in [2.45, 2.75) is 13.3 Å². The summed E-state index contributed by atoms with van der Waals surface area (Å²) in [6.07, 6.45) is 4.74. The number of hydrogen-bond acceptors (Lipinski definition) is 6. The Morgan fingerprint density at radius 2 is 1.84 bits per heavy atom. The summed E-state index contributed by atoms with van der Waals surface area (Å²) in [5, 5.41) is 13.4. The fraction of sp³-hybridized carbons (Fsp3) is 0.292. The fourth-order valence-corrected chi connectivity index (χ4v) is 3.69. The van der Waals surface area contributed by atoms with E-state index in [1.54, 1.807) is 17.8 Å². The molecule has 4 aromatic rings. The number of anilines is 3. The number of nitrogens with zero attached hydrogens (tertiary/aromatic N) is 4. The van der Waals surface area contributed by atoms with Gasteiger partial charge in [0.1, 0.15) is 0 Å². The van der Waals surface area contributed by atoms with E-state index < -0.39 is 0 Å². The van der Waals surface area contributed by atoms with Gasteiger partial charge in [-0.2, -0.15) is 5.10 Å². The lowest BCUT2D eigenvalue weighted by Gasteiger charge is -2.16. The van der Waals surface area contributed by atoms with Gasteiger partial charge < -0.3 is 20.1 Å². The SMILES string of the molecule is CCCN(C)CCNc1ccc(Nc2nc3ccc(-c4cn[nH]c4)cc3n(C)c2=O)cc1. The highest BCUT2D eigenvalue weighted by Crippen LogP contribution is 2.23. The Balaban J connectivity index is 1.48. The first-order valence-electron chi connectivity index (χ1n) is 10.8. The maximum absolute atomic E-state index is 12.9. The summed E-state index contributed by atoms with van der Waals surface area (Å²) < 4.78 is 1.62. The quantitative estimate of drug-likeness (QED) is 0.373. The van der Waals surface area contributed by atoms with E-state index in [1.165, 1.54) is 0 Å². The van der Waals surface area contributed by atoms with Crippen molar-refractivity contribution in [2.24, 2.45) is 7.05 Å². The first-order valence-corrected chi connectivity index (χ1v) is 10.8. The monoisotopic (exact) mass is 431 g/mol. The zero-order chi connectivity index (χ0) is 22.5. The zero-order valence-corrected chi connectivity index (χ0v) is 18.7. The van der Waals surface area contributed by atoms with Gasteiger partial charge in [0.2, 0.25) is 0 Å². The second-order valence-electron chi connectivity index (χ2n) is 7.95. The summed E-state index contributed by atoms with van der Waals surface area (Å²) in [5.74, 6) is 0.304. The number of hydrogen-bond donors (Lipinski definition) is 3. The Bertz CT molecular complexity index is 1230. The molecule has 0 bridgehead atoms. The van der Waals surface area contributed by atoms with Crippen molar-refractivity contribution in [1.29, 1.82) is 0 Å². The van der Waals surface area contributed by atoms with Crippen LogP contribution in [-0.4, -0.2) is 51.3 Å². The summed E-state index contributed by atoms with van der Waals surface area (Å²) in [4.78, 5) is 19.8. The lowest BCUT2D eigenvalue weighted by atomic mass is 10.1. The average Bonchev–Trinajstić information content (AvgIpc) is 3.33. The van der Waals surface area contributed by atoms with Gasteiger partial charge in [0.25, 0.3) is 5.56 Å². The highest BCUT2D eigenvalue weighted by molar-refractivity contribution is 5.83. The van der Waals surface area contributed by atoms with Gasteiger partial charge in [-0.05, 0) is 62.0 Å². The van der Waals surface area contributed by atoms with Crippen molar-refractivity contribution in [2.75, 3.05) is 37.3 Å². The third-order valence-electron chi connectivity index (χ3n) is 5.48. The van der Waals surface area contributed by atoms with E-state index in [2.05, 4.69) is 44.7 Å². The van der Waals surface area contributed by atoms with Crippen LogP contribution in [0.2, 0.25) is 0 Å². The molecule has 32 heavy (non-hydrogen) atoms. The molecule has 8 nitrogen and oxygen atoms in total. The molecule has 0 saturated heterocycles. The molecule has 2 heterocycles. The molecule has 4 rings (SSSR count). The van der Waals surface area contributed by atoms with Crippen LogP contribution in [0.15, 0.2) is 59.7 Å². The Hall–Kier alpha value is -3.65. The number of fused-ring (bicyclic) bond motifs is 1. The van der Waals surface area contributed by atoms with Gasteiger partial charge in [0.15, 0.2) is 5.82 Å². The summed E-state index contributed by atoms with van der Waals surface area (Å²) >= 11 is 0. The molecule has 2 aromatic carbocycles. The van der Waals surface area contributed by atoms with E-state index in [0.717, 1.165) is 59.6 Å². The molecule has 166 valence electrons. The molecule has 0 fully saturated rings. The van der Waals surface area contributed by atoms with Crippen molar-refractivity contribution >= 4 is 28.2 Å². The van der Waals surface area contributed by atoms with Gasteiger partial charge in [-0.25, -0.2) is 4.98 Å². The van der Waals surface area contributed by atoms with Crippen LogP contribution in [0, 0.1) is 0 Å². The van der Waals surface area contributed by atoms with E-state index in [1.807, 2.05) is 48.7 Å². The van der Waals surface area contributed by atoms with Crippen LogP contribution in [0.3, 0.4) is 0 Å². The normalized spacial score (nSPS) is 11.2. The average molecular weight is 432 g/mol. The van der Waals surface area contributed by atoms with Crippen molar-refractivity contribution in [3.63, 3.8) is 0 Å². The van der Waals surface area contributed by atoms with Crippen LogP contribution in [0.1, 0.15) is 13.3 Å². The van der Waals surface area contributed by atoms with Gasteiger partial charge in [-0.15, -0.1) is 0 Å². The van der Waals surface area contributed by atoms with Crippen LogP contribution >= 0.6 is 0 Å². The van der Waals surface area contributed by atoms with E-state index >= 15 is 0 Å². The van der Waals surface area contributed by atoms with Crippen molar-refractivity contribution in [3.05, 3.63) is 65.2 Å². The number of rotatable bonds is 9. The third kappa shape index (κ3) is 4.81. The molecule has 0 spiro atoms. The molecule has 0 aliphatic carbocycles. The molecule has 3 N–H and O–H groups in total. The summed E-state index contributed by atoms with van der Waals surface area (Å²) in [7, 11) is 3.90. The molecule has 0 amide bonds. The summed E-state index contributed by atoms with van der Waals surface area (Å²) in [5.41, 5.74) is 5.15. The second kappa shape index (κ2) is 9.65. The maximum atomic E-state index is 12.9. The van der Waals surface area contributed by atoms with Gasteiger partial charge in [-0.1, -0.05) is 13.0 Å². The third-order valence-corrected chi connectivity index (χ3v) is 5.48. The molecule has 8 heteroatoms. The summed E-state index contributed by atoms with van der Waals surface area (Å²) in [6.45, 7) is 5.17. The Kier molecular flexibility index (Phi) is 6.51. The lowest BCUT2D eigenvalue weighted by Crippen LogP contribution is -2.25. The molecular weight excluding hydrogens is 402 g/mol. The Morgan fingerprint density at radius 1 is 1.06 bits per heavy atom. The minimum Gasteiger partial charge on any atom is -0.384 e. The first kappa shape index (κ1) is 21.6. The topological polar surface area (TPSA) is 90.9 Å². The molecule has 2 aromatic heterocycles. The number of H-pyrrole nitrogens is 1. The molecule has 0 aliphatic rings. The zero-order valence-electron chi connectivity index (χ0n) is 18.7. The van der Waals surface area contributed by atoms with Crippen molar-refractivity contribution in [1.82, 2.24) is 24.6 Å². The molecule has 0 atom stereocenters. The smallest absolute Gasteiger partial charge is 0.293 e. The highest BCUT2D eigenvalue weighted by Gasteiger charge is 2.11. The molecule has 0 saturated carbocycles. The van der Waals surface area contributed by atoms with Gasteiger partial charge in [0.05, 0.1) is 17.2 Å². The van der Waals surface area contributed by atoms with E-state index in [0.29, 0.717) is 5.82 Å². The maximum Gasteiger partial charge on any atom is 0.293 e.